The number of rotatable bonds is 10. The molecule has 0 aliphatic carbocycles. The fourth-order valence-electron chi connectivity index (χ4n) is 4.43. The molecule has 2 heterocycles. The fourth-order valence-corrected chi connectivity index (χ4v) is 4.43. The lowest BCUT2D eigenvalue weighted by Gasteiger charge is -2.25. The van der Waals surface area contributed by atoms with Gasteiger partial charge in [0.25, 0.3) is 0 Å². The molecule has 192 valence electrons. The summed E-state index contributed by atoms with van der Waals surface area (Å²) in [5, 5.41) is 37.6. The van der Waals surface area contributed by atoms with E-state index >= 15 is 0 Å². The van der Waals surface area contributed by atoms with Gasteiger partial charge in [0, 0.05) is 38.1 Å². The number of carboxylic acids is 1. The van der Waals surface area contributed by atoms with Crippen LogP contribution in [0.25, 0.3) is 0 Å². The lowest BCUT2D eigenvalue weighted by molar-refractivity contribution is -0.148. The van der Waals surface area contributed by atoms with Gasteiger partial charge in [0.15, 0.2) is 0 Å². The number of aliphatic hydroxyl groups is 2. The maximum absolute atomic E-state index is 13.1. The Hall–Kier alpha value is -3.06. The van der Waals surface area contributed by atoms with E-state index in [2.05, 4.69) is 16.0 Å². The van der Waals surface area contributed by atoms with Crippen molar-refractivity contribution in [2.45, 2.75) is 62.1 Å². The minimum atomic E-state index is -1.34. The molecule has 0 bridgehead atoms. The minimum absolute atomic E-state index is 0.00591. The van der Waals surface area contributed by atoms with Crippen molar-refractivity contribution in [2.24, 2.45) is 5.73 Å². The van der Waals surface area contributed by atoms with Crippen molar-refractivity contribution in [2.75, 3.05) is 19.6 Å². The molecule has 12 heteroatoms. The first kappa shape index (κ1) is 26.5. The predicted octanol–water partition coefficient (Wildman–Crippen LogP) is -2.68. The lowest BCUT2D eigenvalue weighted by atomic mass is 10.1. The largest absolute Gasteiger partial charge is 0.480 e. The van der Waals surface area contributed by atoms with Gasteiger partial charge in [0.05, 0.1) is 6.04 Å². The molecule has 1 aromatic rings. The summed E-state index contributed by atoms with van der Waals surface area (Å²) in [6.07, 6.45) is -1.63. The Bertz CT molecular complexity index is 915. The molecule has 35 heavy (non-hydrogen) atoms. The Morgan fingerprint density at radius 2 is 1.69 bits per heavy atom. The Kier molecular flexibility index (Phi) is 9.15. The lowest BCUT2D eigenvalue weighted by Crippen LogP contribution is -2.49. The van der Waals surface area contributed by atoms with E-state index in [1.807, 2.05) is 30.3 Å². The van der Waals surface area contributed by atoms with Gasteiger partial charge in [-0.25, -0.2) is 4.79 Å². The van der Waals surface area contributed by atoms with E-state index in [1.54, 1.807) is 0 Å². The highest BCUT2D eigenvalue weighted by atomic mass is 16.4. The average molecular weight is 492 g/mol. The molecule has 6 atom stereocenters. The number of amides is 3. The summed E-state index contributed by atoms with van der Waals surface area (Å²) in [6, 6.07) is 6.54. The predicted molar refractivity (Wildman–Crippen MR) is 124 cm³/mol. The molecule has 1 aromatic carbocycles. The highest BCUT2D eigenvalue weighted by Crippen LogP contribution is 2.22. The monoisotopic (exact) mass is 491 g/mol. The van der Waals surface area contributed by atoms with E-state index in [0.29, 0.717) is 6.42 Å². The van der Waals surface area contributed by atoms with Gasteiger partial charge in [-0.2, -0.15) is 0 Å². The minimum Gasteiger partial charge on any atom is -0.480 e. The molecule has 2 aliphatic heterocycles. The van der Waals surface area contributed by atoms with Crippen LogP contribution in [0.1, 0.15) is 24.8 Å². The van der Waals surface area contributed by atoms with Crippen molar-refractivity contribution in [1.29, 1.82) is 0 Å². The normalized spacial score (nSPS) is 25.6. The van der Waals surface area contributed by atoms with Gasteiger partial charge < -0.3 is 41.9 Å². The molecule has 2 fully saturated rings. The van der Waals surface area contributed by atoms with Crippen LogP contribution in [0.2, 0.25) is 0 Å². The highest BCUT2D eigenvalue weighted by Gasteiger charge is 2.44. The summed E-state index contributed by atoms with van der Waals surface area (Å²) in [7, 11) is 0. The van der Waals surface area contributed by atoms with Gasteiger partial charge in [-0.15, -0.1) is 0 Å². The van der Waals surface area contributed by atoms with E-state index < -0.39 is 60.1 Å². The van der Waals surface area contributed by atoms with Crippen LogP contribution in [0, 0.1) is 0 Å². The molecule has 0 spiro atoms. The standard InChI is InChI=1S/C23H33N5O7/c24-10-19(30)21(32)26-14-8-16(25-11-14)22(33)28-12-15(9-17(28)23(34)35)27-20(31)18(29)7-6-13-4-2-1-3-5-13/h1-5,14-19,25,29-30H,6-12,24H2,(H,26,32)(H,27,31)(H,34,35)/t14-,15-,16+,17+,18-,19+/m1/s1. The molecule has 8 N–H and O–H groups in total. The number of nitrogens with zero attached hydrogens (tertiary/aromatic N) is 1. The maximum atomic E-state index is 13.1. The number of aliphatic carboxylic acids is 1. The maximum Gasteiger partial charge on any atom is 0.326 e. The number of hydrogen-bond donors (Lipinski definition) is 7. The van der Waals surface area contributed by atoms with E-state index in [-0.39, 0.29) is 38.9 Å². The summed E-state index contributed by atoms with van der Waals surface area (Å²) in [5.74, 6) is -2.88. The molecule has 0 radical (unpaired) electrons. The Morgan fingerprint density at radius 3 is 2.34 bits per heavy atom. The number of carbonyl (C=O) groups excluding carboxylic acids is 3. The van der Waals surface area contributed by atoms with Crippen LogP contribution in [0.15, 0.2) is 30.3 Å². The van der Waals surface area contributed by atoms with Crippen LogP contribution in [-0.4, -0.2) is 99.9 Å². The van der Waals surface area contributed by atoms with Crippen LogP contribution in [0.3, 0.4) is 0 Å². The van der Waals surface area contributed by atoms with Gasteiger partial charge in [-0.05, 0) is 24.8 Å². The van der Waals surface area contributed by atoms with Gasteiger partial charge in [0.2, 0.25) is 17.7 Å². The topological polar surface area (TPSA) is 194 Å². The highest BCUT2D eigenvalue weighted by molar-refractivity contribution is 5.89. The third-order valence-electron chi connectivity index (χ3n) is 6.37. The molecule has 0 aromatic heterocycles. The third-order valence-corrected chi connectivity index (χ3v) is 6.37. The molecular weight excluding hydrogens is 458 g/mol. The van der Waals surface area contributed by atoms with Crippen molar-refractivity contribution in [1.82, 2.24) is 20.9 Å². The Morgan fingerprint density at radius 1 is 1.03 bits per heavy atom. The van der Waals surface area contributed by atoms with Gasteiger partial charge >= 0.3 is 5.97 Å². The van der Waals surface area contributed by atoms with Crippen LogP contribution < -0.4 is 21.7 Å². The van der Waals surface area contributed by atoms with Crippen LogP contribution in [-0.2, 0) is 25.6 Å². The molecule has 2 aliphatic rings. The second kappa shape index (κ2) is 12.1. The second-order valence-corrected chi connectivity index (χ2v) is 8.98. The number of benzene rings is 1. The quantitative estimate of drug-likeness (QED) is 0.182. The zero-order chi connectivity index (χ0) is 25.5. The summed E-state index contributed by atoms with van der Waals surface area (Å²) in [5.41, 5.74) is 6.26. The van der Waals surface area contributed by atoms with Crippen molar-refractivity contribution in [3.05, 3.63) is 35.9 Å². The van der Waals surface area contributed by atoms with E-state index in [9.17, 15) is 34.5 Å². The molecular formula is C23H33N5O7. The number of aliphatic hydroxyl groups excluding tert-OH is 2. The second-order valence-electron chi connectivity index (χ2n) is 8.98. The van der Waals surface area contributed by atoms with Crippen molar-refractivity contribution in [3.63, 3.8) is 0 Å². The Labute approximate surface area is 202 Å². The zero-order valence-electron chi connectivity index (χ0n) is 19.3. The van der Waals surface area contributed by atoms with E-state index in [4.69, 9.17) is 5.73 Å². The fraction of sp³-hybridized carbons (Fsp3) is 0.565. The van der Waals surface area contributed by atoms with Crippen molar-refractivity contribution < 1.29 is 34.5 Å². The van der Waals surface area contributed by atoms with Crippen LogP contribution >= 0.6 is 0 Å². The summed E-state index contributed by atoms with van der Waals surface area (Å²) < 4.78 is 0. The number of aryl methyl sites for hydroxylation is 1. The van der Waals surface area contributed by atoms with Gasteiger partial charge in [-0.1, -0.05) is 30.3 Å². The van der Waals surface area contributed by atoms with Gasteiger partial charge in [0.1, 0.15) is 18.2 Å². The molecule has 3 rings (SSSR count). The van der Waals surface area contributed by atoms with Crippen molar-refractivity contribution >= 4 is 23.7 Å². The molecule has 0 saturated carbocycles. The van der Waals surface area contributed by atoms with E-state index in [0.717, 1.165) is 5.56 Å². The third kappa shape index (κ3) is 6.98. The number of nitrogens with one attached hydrogen (secondary N) is 3. The number of nitrogens with two attached hydrogens (primary N) is 1. The smallest absolute Gasteiger partial charge is 0.326 e. The number of carboxylic acid groups (broad SMARTS) is 1. The first-order valence-corrected chi connectivity index (χ1v) is 11.7. The zero-order valence-corrected chi connectivity index (χ0v) is 19.3. The van der Waals surface area contributed by atoms with Crippen LogP contribution in [0.4, 0.5) is 0 Å². The Balaban J connectivity index is 1.53. The summed E-state index contributed by atoms with van der Waals surface area (Å²) in [4.78, 5) is 50.4. The SMILES string of the molecule is NC[C@H](O)C(=O)N[C@H]1CN[C@H](C(=O)N2C[C@H](NC(=O)[C@H](O)CCc3ccccc3)C[C@H]2C(=O)O)C1. The number of likely N-dealkylation sites (tertiary alicyclic amines) is 1. The summed E-state index contributed by atoms with van der Waals surface area (Å²) >= 11 is 0. The van der Waals surface area contributed by atoms with Crippen LogP contribution in [0.5, 0.6) is 0 Å². The van der Waals surface area contributed by atoms with Gasteiger partial charge in [-0.3, -0.25) is 14.4 Å². The molecule has 3 amide bonds. The van der Waals surface area contributed by atoms with Crippen molar-refractivity contribution in [3.8, 4) is 0 Å². The number of hydrogen-bond acceptors (Lipinski definition) is 8. The molecule has 0 unspecified atom stereocenters. The molecule has 2 saturated heterocycles. The van der Waals surface area contributed by atoms with E-state index in [1.165, 1.54) is 4.90 Å². The molecule has 12 nitrogen and oxygen atoms in total. The first-order chi connectivity index (χ1) is 16.7. The summed E-state index contributed by atoms with van der Waals surface area (Å²) in [6.45, 7) is 0.0449. The number of carbonyl (C=O) groups is 4. The average Bonchev–Trinajstić information content (AvgIpc) is 3.49. The first-order valence-electron chi connectivity index (χ1n) is 11.7.